The van der Waals surface area contributed by atoms with Gasteiger partial charge < -0.3 is 26.0 Å². The van der Waals surface area contributed by atoms with Gasteiger partial charge in [0.15, 0.2) is 0 Å². The largest absolute Gasteiger partial charge is 0.508 e. The normalized spacial score (nSPS) is 9.44. The molecule has 2 amide bonds. The Labute approximate surface area is 228 Å². The Bertz CT molecular complexity index is 1150. The fourth-order valence-corrected chi connectivity index (χ4v) is 2.64. The molecule has 0 aliphatic carbocycles. The Morgan fingerprint density at radius 2 is 0.923 bits per heavy atom. The van der Waals surface area contributed by atoms with Gasteiger partial charge in [-0.05, 0) is 90.8 Å². The lowest BCUT2D eigenvalue weighted by molar-refractivity contribution is -0.115. The number of anilines is 2. The molecule has 0 saturated heterocycles. The molecule has 4 rings (SSSR count). The third-order valence-electron chi connectivity index (χ3n) is 4.26. The Hall–Kier alpha value is -5.02. The van der Waals surface area contributed by atoms with Crippen molar-refractivity contribution in [2.75, 3.05) is 17.2 Å². The lowest BCUT2D eigenvalue weighted by Crippen LogP contribution is -2.04. The maximum Gasteiger partial charge on any atom is 0.221 e. The number of amides is 2. The highest BCUT2D eigenvalue weighted by molar-refractivity contribution is 5.89. The molecule has 0 fully saturated rings. The number of aromatic nitrogens is 2. The van der Waals surface area contributed by atoms with Gasteiger partial charge in [-0.2, -0.15) is 0 Å². The number of carbonyl (C=O) groups excluding carboxylic acids is 2. The number of nitrogens with one attached hydrogen (secondary N) is 2. The number of phenols is 2. The van der Waals surface area contributed by atoms with Crippen molar-refractivity contribution in [1.29, 1.82) is 0 Å². The van der Waals surface area contributed by atoms with E-state index in [4.69, 9.17) is 15.3 Å². The molecule has 0 radical (unpaired) electrons. The first-order valence-electron chi connectivity index (χ1n) is 12.0. The minimum Gasteiger partial charge on any atom is -0.508 e. The Morgan fingerprint density at radius 3 is 1.18 bits per heavy atom. The summed E-state index contributed by atoms with van der Waals surface area (Å²) in [6, 6.07) is 20.5. The highest BCUT2D eigenvalue weighted by Crippen LogP contribution is 2.14. The van der Waals surface area contributed by atoms with Crippen LogP contribution in [-0.4, -0.2) is 43.7 Å². The van der Waals surface area contributed by atoms with Gasteiger partial charge in [0.1, 0.15) is 11.5 Å². The van der Waals surface area contributed by atoms with Crippen LogP contribution < -0.4 is 10.6 Å². The second-order valence-corrected chi connectivity index (χ2v) is 7.67. The summed E-state index contributed by atoms with van der Waals surface area (Å²) in [4.78, 5) is 29.0. The number of phenolic OH excluding ortho intramolecular Hbond substituents is 2. The van der Waals surface area contributed by atoms with Crippen molar-refractivity contribution >= 4 is 35.3 Å². The van der Waals surface area contributed by atoms with Crippen molar-refractivity contribution < 1.29 is 24.9 Å². The molecule has 0 aliphatic heterocycles. The second-order valence-electron chi connectivity index (χ2n) is 7.67. The maximum atomic E-state index is 10.5. The van der Waals surface area contributed by atoms with Crippen LogP contribution in [0.4, 0.5) is 11.4 Å². The van der Waals surface area contributed by atoms with Crippen LogP contribution in [0.25, 0.3) is 12.2 Å². The van der Waals surface area contributed by atoms with Crippen LogP contribution in [0.5, 0.6) is 11.5 Å². The van der Waals surface area contributed by atoms with E-state index in [-0.39, 0.29) is 29.9 Å². The maximum absolute atomic E-state index is 10.5. The SMILES string of the molecule is C(=C\c1ccncc1)/c1ccncc1.CC(=O)Nc1ccc(O)cc1.CC(=O)Nc1ccc(O)cc1.CCO. The van der Waals surface area contributed by atoms with Crippen LogP contribution in [0, 0.1) is 0 Å². The van der Waals surface area contributed by atoms with Crippen LogP contribution in [0.1, 0.15) is 31.9 Å². The van der Waals surface area contributed by atoms with Gasteiger partial charge in [0.2, 0.25) is 11.8 Å². The molecule has 0 unspecified atom stereocenters. The summed E-state index contributed by atoms with van der Waals surface area (Å²) < 4.78 is 0. The summed E-state index contributed by atoms with van der Waals surface area (Å²) in [5, 5.41) is 30.5. The third-order valence-corrected chi connectivity index (χ3v) is 4.26. The van der Waals surface area contributed by atoms with Crippen molar-refractivity contribution in [2.45, 2.75) is 20.8 Å². The molecule has 39 heavy (non-hydrogen) atoms. The zero-order chi connectivity index (χ0) is 28.9. The lowest BCUT2D eigenvalue weighted by atomic mass is 10.2. The molecule has 0 saturated carbocycles. The highest BCUT2D eigenvalue weighted by atomic mass is 16.3. The molecule has 4 aromatic rings. The zero-order valence-corrected chi connectivity index (χ0v) is 22.2. The van der Waals surface area contributed by atoms with E-state index >= 15 is 0 Å². The minimum atomic E-state index is -0.115. The van der Waals surface area contributed by atoms with Gasteiger partial charge in [-0.25, -0.2) is 0 Å². The first kappa shape index (κ1) is 32.0. The van der Waals surface area contributed by atoms with Crippen LogP contribution >= 0.6 is 0 Å². The monoisotopic (exact) mass is 530 g/mol. The van der Waals surface area contributed by atoms with Gasteiger partial charge in [0, 0.05) is 56.6 Å². The number of rotatable bonds is 4. The lowest BCUT2D eigenvalue weighted by Gasteiger charge is -1.99. The Kier molecular flexibility index (Phi) is 15.7. The van der Waals surface area contributed by atoms with Crippen molar-refractivity contribution in [3.8, 4) is 11.5 Å². The summed E-state index contributed by atoms with van der Waals surface area (Å²) in [6.45, 7) is 4.81. The molecular weight excluding hydrogens is 496 g/mol. The molecular formula is C30H34N4O5. The van der Waals surface area contributed by atoms with E-state index in [0.29, 0.717) is 11.4 Å². The van der Waals surface area contributed by atoms with Crippen molar-refractivity contribution in [1.82, 2.24) is 9.97 Å². The topological polar surface area (TPSA) is 145 Å². The number of hydrogen-bond acceptors (Lipinski definition) is 7. The fraction of sp³-hybridized carbons (Fsp3) is 0.133. The molecule has 204 valence electrons. The molecule has 2 heterocycles. The minimum absolute atomic E-state index is 0.115. The van der Waals surface area contributed by atoms with Crippen molar-refractivity contribution in [3.63, 3.8) is 0 Å². The van der Waals surface area contributed by atoms with Crippen LogP contribution in [-0.2, 0) is 9.59 Å². The molecule has 0 aliphatic rings. The summed E-state index contributed by atoms with van der Waals surface area (Å²) in [7, 11) is 0. The smallest absolute Gasteiger partial charge is 0.221 e. The van der Waals surface area contributed by atoms with Crippen LogP contribution in [0.15, 0.2) is 97.6 Å². The summed E-state index contributed by atoms with van der Waals surface area (Å²) >= 11 is 0. The molecule has 9 heteroatoms. The number of benzene rings is 2. The van der Waals surface area contributed by atoms with Crippen LogP contribution in [0.3, 0.4) is 0 Å². The van der Waals surface area contributed by atoms with Gasteiger partial charge >= 0.3 is 0 Å². The first-order valence-corrected chi connectivity index (χ1v) is 12.0. The molecule has 0 bridgehead atoms. The predicted molar refractivity (Wildman–Crippen MR) is 155 cm³/mol. The average molecular weight is 531 g/mol. The van der Waals surface area contributed by atoms with Crippen molar-refractivity contribution in [3.05, 3.63) is 109 Å². The standard InChI is InChI=1S/C12H10N2.2C8H9NO2.C2H6O/c1(11-3-7-13-8-4-11)2-12-5-9-14-10-6-12;2*1-6(10)9-7-2-4-8(11)5-3-7;1-2-3/h1-10H;2*2-5,11H,1H3,(H,9,10);3H,2H2,1H3/b2-1+;;;. The highest BCUT2D eigenvalue weighted by Gasteiger charge is 1.94. The second kappa shape index (κ2) is 19.1. The Balaban J connectivity index is 0.000000281. The number of aliphatic hydroxyl groups excluding tert-OH is 1. The van der Waals surface area contributed by atoms with Crippen LogP contribution in [0.2, 0.25) is 0 Å². The van der Waals surface area contributed by atoms with Gasteiger partial charge in [-0.15, -0.1) is 0 Å². The molecule has 9 nitrogen and oxygen atoms in total. The quantitative estimate of drug-likeness (QED) is 0.224. The van der Waals surface area contributed by atoms with E-state index in [1.165, 1.54) is 38.1 Å². The predicted octanol–water partition coefficient (Wildman–Crippen LogP) is 5.35. The Morgan fingerprint density at radius 1 is 0.641 bits per heavy atom. The fourth-order valence-electron chi connectivity index (χ4n) is 2.64. The van der Waals surface area contributed by atoms with Gasteiger partial charge in [0.25, 0.3) is 0 Å². The molecule has 0 spiro atoms. The summed E-state index contributed by atoms with van der Waals surface area (Å²) in [5.41, 5.74) is 3.68. The molecule has 5 N–H and O–H groups in total. The van der Waals surface area contributed by atoms with Gasteiger partial charge in [0.05, 0.1) is 0 Å². The van der Waals surface area contributed by atoms with E-state index in [1.54, 1.807) is 56.0 Å². The van der Waals surface area contributed by atoms with Gasteiger partial charge in [-0.3, -0.25) is 19.6 Å². The number of carbonyl (C=O) groups is 2. The number of pyridine rings is 2. The average Bonchev–Trinajstić information content (AvgIpc) is 2.92. The van der Waals surface area contributed by atoms with E-state index in [1.807, 2.05) is 24.3 Å². The number of hydrogen-bond donors (Lipinski definition) is 5. The first-order chi connectivity index (χ1) is 18.7. The zero-order valence-electron chi connectivity index (χ0n) is 22.2. The van der Waals surface area contributed by atoms with Gasteiger partial charge in [-0.1, -0.05) is 12.2 Å². The molecule has 2 aromatic heterocycles. The van der Waals surface area contributed by atoms with E-state index in [0.717, 1.165) is 11.1 Å². The third kappa shape index (κ3) is 16.4. The number of aliphatic hydroxyl groups is 1. The van der Waals surface area contributed by atoms with E-state index in [9.17, 15) is 9.59 Å². The summed E-state index contributed by atoms with van der Waals surface area (Å²) in [6.07, 6.45) is 11.2. The van der Waals surface area contributed by atoms with E-state index in [2.05, 4.69) is 32.8 Å². The summed E-state index contributed by atoms with van der Waals surface area (Å²) in [5.74, 6) is 0.157. The van der Waals surface area contributed by atoms with Crippen molar-refractivity contribution in [2.24, 2.45) is 0 Å². The number of nitrogens with zero attached hydrogens (tertiary/aromatic N) is 2. The molecule has 0 atom stereocenters. The van der Waals surface area contributed by atoms with E-state index < -0.39 is 0 Å². The molecule has 2 aromatic carbocycles. The number of aromatic hydroxyl groups is 2.